The maximum Gasteiger partial charge on any atom is -0.0169 e. The molecular formula is C19H34. The molecule has 0 aromatic rings. The molecule has 0 bridgehead atoms. The molecule has 0 fully saturated rings. The molecule has 0 atom stereocenters. The Bertz CT molecular complexity index is 243. The zero-order chi connectivity index (χ0) is 14.2. The molecule has 0 radical (unpaired) electrons. The van der Waals surface area contributed by atoms with Gasteiger partial charge in [0.15, 0.2) is 0 Å². The Hall–Kier alpha value is -0.780. The summed E-state index contributed by atoms with van der Waals surface area (Å²) in [5.41, 5.74) is 0. The fraction of sp³-hybridized carbons (Fsp3) is 0.684. The minimum atomic E-state index is 0.827. The highest BCUT2D eigenvalue weighted by Crippen LogP contribution is 2.05. The Morgan fingerprint density at radius 2 is 1.26 bits per heavy atom. The van der Waals surface area contributed by atoms with E-state index in [1.807, 2.05) is 0 Å². The molecule has 0 heterocycles. The van der Waals surface area contributed by atoms with Gasteiger partial charge in [0.1, 0.15) is 0 Å². The van der Waals surface area contributed by atoms with Gasteiger partial charge in [0.25, 0.3) is 0 Å². The molecule has 0 N–H and O–H groups in total. The molecule has 0 nitrogen and oxygen atoms in total. The first kappa shape index (κ1) is 18.2. The van der Waals surface area contributed by atoms with Crippen LogP contribution in [-0.2, 0) is 0 Å². The van der Waals surface area contributed by atoms with E-state index in [0.29, 0.717) is 0 Å². The highest BCUT2D eigenvalue weighted by Gasteiger charge is 1.88. The lowest BCUT2D eigenvalue weighted by Gasteiger charge is -1.98. The monoisotopic (exact) mass is 262 g/mol. The third-order valence-electron chi connectivity index (χ3n) is 3.16. The Balaban J connectivity index is 3.29. The van der Waals surface area contributed by atoms with Gasteiger partial charge in [-0.15, -0.1) is 0 Å². The van der Waals surface area contributed by atoms with Crippen LogP contribution in [0.25, 0.3) is 0 Å². The van der Waals surface area contributed by atoms with Gasteiger partial charge in [0.2, 0.25) is 0 Å². The molecule has 0 rings (SSSR count). The van der Waals surface area contributed by atoms with Gasteiger partial charge in [-0.2, -0.15) is 0 Å². The molecule has 0 aliphatic heterocycles. The minimum absolute atomic E-state index is 0.827. The van der Waals surface area contributed by atoms with E-state index in [9.17, 15) is 0 Å². The second kappa shape index (κ2) is 15.3. The first-order chi connectivity index (χ1) is 9.27. The summed E-state index contributed by atoms with van der Waals surface area (Å²) in [5.74, 6) is 0.827. The molecule has 0 amide bonds. The zero-order valence-corrected chi connectivity index (χ0v) is 13.4. The first-order valence-corrected chi connectivity index (χ1v) is 8.22. The van der Waals surface area contributed by atoms with Crippen molar-refractivity contribution in [3.05, 3.63) is 36.5 Å². The molecule has 0 aliphatic rings. The molecule has 0 aliphatic carbocycles. The summed E-state index contributed by atoms with van der Waals surface area (Å²) in [5, 5.41) is 0. The van der Waals surface area contributed by atoms with Gasteiger partial charge in [-0.05, 0) is 50.9 Å². The maximum atomic E-state index is 2.33. The Labute approximate surface area is 121 Å². The average Bonchev–Trinajstić information content (AvgIpc) is 2.39. The van der Waals surface area contributed by atoms with Crippen LogP contribution in [0, 0.1) is 5.92 Å². The fourth-order valence-corrected chi connectivity index (χ4v) is 1.88. The highest BCUT2D eigenvalue weighted by molar-refractivity contribution is 4.94. The average molecular weight is 262 g/mol. The van der Waals surface area contributed by atoms with Gasteiger partial charge < -0.3 is 0 Å². The van der Waals surface area contributed by atoms with Crippen molar-refractivity contribution in [2.24, 2.45) is 5.92 Å². The molecule has 0 saturated carbocycles. The lowest BCUT2D eigenvalue weighted by Crippen LogP contribution is -1.83. The third-order valence-corrected chi connectivity index (χ3v) is 3.16. The maximum absolute atomic E-state index is 2.33. The van der Waals surface area contributed by atoms with Crippen molar-refractivity contribution < 1.29 is 0 Å². The van der Waals surface area contributed by atoms with Gasteiger partial charge in [-0.1, -0.05) is 70.1 Å². The van der Waals surface area contributed by atoms with E-state index in [-0.39, 0.29) is 0 Å². The van der Waals surface area contributed by atoms with Crippen molar-refractivity contribution in [3.8, 4) is 0 Å². The standard InChI is InChI=1S/C19H34/c1-4-5-6-7-8-9-10-11-12-13-14-15-16-17-18-19(2)3/h8-9,11-12,15-16,19H,4-7,10,13-14,17-18H2,1-3H3/b9-8-,12-11-,16-15-. The van der Waals surface area contributed by atoms with Crippen LogP contribution in [0.5, 0.6) is 0 Å². The first-order valence-electron chi connectivity index (χ1n) is 8.22. The Morgan fingerprint density at radius 3 is 1.89 bits per heavy atom. The van der Waals surface area contributed by atoms with E-state index in [1.165, 1.54) is 51.4 Å². The Kier molecular flexibility index (Phi) is 14.7. The van der Waals surface area contributed by atoms with Crippen LogP contribution in [0.15, 0.2) is 36.5 Å². The number of allylic oxidation sites excluding steroid dienone is 6. The lowest BCUT2D eigenvalue weighted by molar-refractivity contribution is 0.594. The summed E-state index contributed by atoms with van der Waals surface area (Å²) < 4.78 is 0. The largest absolute Gasteiger partial charge is 0.0885 e. The smallest absolute Gasteiger partial charge is 0.0169 e. The summed E-state index contributed by atoms with van der Waals surface area (Å²) in [6, 6.07) is 0. The summed E-state index contributed by atoms with van der Waals surface area (Å²) in [7, 11) is 0. The van der Waals surface area contributed by atoms with Crippen molar-refractivity contribution >= 4 is 0 Å². The van der Waals surface area contributed by atoms with Gasteiger partial charge >= 0.3 is 0 Å². The molecule has 0 spiro atoms. The van der Waals surface area contributed by atoms with Crippen LogP contribution in [0.2, 0.25) is 0 Å². The Morgan fingerprint density at radius 1 is 0.684 bits per heavy atom. The molecule has 0 saturated heterocycles. The topological polar surface area (TPSA) is 0 Å². The molecule has 19 heavy (non-hydrogen) atoms. The van der Waals surface area contributed by atoms with Crippen LogP contribution in [0.3, 0.4) is 0 Å². The number of hydrogen-bond donors (Lipinski definition) is 0. The van der Waals surface area contributed by atoms with Gasteiger partial charge in [0.05, 0.1) is 0 Å². The van der Waals surface area contributed by atoms with Crippen molar-refractivity contribution in [1.29, 1.82) is 0 Å². The van der Waals surface area contributed by atoms with Crippen LogP contribution in [0.1, 0.15) is 78.6 Å². The second-order valence-corrected chi connectivity index (χ2v) is 5.69. The van der Waals surface area contributed by atoms with Crippen LogP contribution < -0.4 is 0 Å². The van der Waals surface area contributed by atoms with Gasteiger partial charge in [-0.25, -0.2) is 0 Å². The number of hydrogen-bond acceptors (Lipinski definition) is 0. The molecular weight excluding hydrogens is 228 g/mol. The van der Waals surface area contributed by atoms with Crippen molar-refractivity contribution in [3.63, 3.8) is 0 Å². The van der Waals surface area contributed by atoms with Gasteiger partial charge in [-0.3, -0.25) is 0 Å². The second-order valence-electron chi connectivity index (χ2n) is 5.69. The normalized spacial score (nSPS) is 12.6. The van der Waals surface area contributed by atoms with Crippen LogP contribution >= 0.6 is 0 Å². The molecule has 110 valence electrons. The van der Waals surface area contributed by atoms with Gasteiger partial charge in [0, 0.05) is 0 Å². The number of unbranched alkanes of at least 4 members (excludes halogenated alkanes) is 4. The lowest BCUT2D eigenvalue weighted by atomic mass is 10.1. The van der Waals surface area contributed by atoms with Crippen LogP contribution in [-0.4, -0.2) is 0 Å². The third kappa shape index (κ3) is 17.2. The zero-order valence-electron chi connectivity index (χ0n) is 13.4. The SMILES string of the molecule is CCCCC/C=C\C/C=C\CC/C=C\CCC(C)C. The summed E-state index contributed by atoms with van der Waals surface area (Å²) in [6.45, 7) is 6.82. The quantitative estimate of drug-likeness (QED) is 0.267. The van der Waals surface area contributed by atoms with E-state index in [2.05, 4.69) is 57.2 Å². The number of rotatable bonds is 12. The van der Waals surface area contributed by atoms with Crippen molar-refractivity contribution in [1.82, 2.24) is 0 Å². The summed E-state index contributed by atoms with van der Waals surface area (Å²) in [4.78, 5) is 0. The van der Waals surface area contributed by atoms with E-state index < -0.39 is 0 Å². The van der Waals surface area contributed by atoms with Crippen molar-refractivity contribution in [2.45, 2.75) is 78.6 Å². The predicted octanol–water partition coefficient (Wildman–Crippen LogP) is 6.84. The van der Waals surface area contributed by atoms with Crippen molar-refractivity contribution in [2.75, 3.05) is 0 Å². The molecule has 0 aromatic carbocycles. The predicted molar refractivity (Wildman–Crippen MR) is 89.5 cm³/mol. The summed E-state index contributed by atoms with van der Waals surface area (Å²) in [6.07, 6.45) is 25.2. The van der Waals surface area contributed by atoms with E-state index in [1.54, 1.807) is 0 Å². The van der Waals surface area contributed by atoms with E-state index in [4.69, 9.17) is 0 Å². The fourth-order valence-electron chi connectivity index (χ4n) is 1.88. The molecule has 0 aromatic heterocycles. The molecule has 0 heteroatoms. The van der Waals surface area contributed by atoms with E-state index >= 15 is 0 Å². The van der Waals surface area contributed by atoms with E-state index in [0.717, 1.165) is 12.3 Å². The highest BCUT2D eigenvalue weighted by atomic mass is 13.9. The summed E-state index contributed by atoms with van der Waals surface area (Å²) >= 11 is 0. The van der Waals surface area contributed by atoms with Crippen LogP contribution in [0.4, 0.5) is 0 Å². The molecule has 0 unspecified atom stereocenters. The minimum Gasteiger partial charge on any atom is -0.0885 e.